The van der Waals surface area contributed by atoms with Gasteiger partial charge in [0.25, 0.3) is 5.91 Å². The molecule has 0 saturated carbocycles. The minimum Gasteiger partial charge on any atom is -0.497 e. The summed E-state index contributed by atoms with van der Waals surface area (Å²) in [6.07, 6.45) is 1.62. The van der Waals surface area contributed by atoms with Crippen LogP contribution in [0.3, 0.4) is 0 Å². The molecule has 2 heterocycles. The molecule has 1 amide bonds. The molecule has 0 radical (unpaired) electrons. The molecule has 7 heteroatoms. The lowest BCUT2D eigenvalue weighted by atomic mass is 10.1. The van der Waals surface area contributed by atoms with Gasteiger partial charge in [-0.3, -0.25) is 9.78 Å². The molecule has 1 saturated heterocycles. The highest BCUT2D eigenvalue weighted by molar-refractivity contribution is 5.85. The van der Waals surface area contributed by atoms with Crippen LogP contribution in [0.25, 0.3) is 10.9 Å². The number of amides is 1. The number of likely N-dealkylation sites (tertiary alicyclic amines) is 1. The van der Waals surface area contributed by atoms with E-state index in [0.717, 1.165) is 10.9 Å². The van der Waals surface area contributed by atoms with Crippen molar-refractivity contribution in [1.82, 2.24) is 9.88 Å². The molecule has 0 aliphatic carbocycles. The van der Waals surface area contributed by atoms with Crippen LogP contribution in [0.5, 0.6) is 17.2 Å². The smallest absolute Gasteiger partial charge is 0.260 e. The van der Waals surface area contributed by atoms with Gasteiger partial charge >= 0.3 is 0 Å². The number of fused-ring (bicyclic) bond motifs is 1. The Morgan fingerprint density at radius 2 is 1.87 bits per heavy atom. The van der Waals surface area contributed by atoms with Crippen LogP contribution in [0, 0.1) is 0 Å². The molecule has 1 aliphatic rings. The lowest BCUT2D eigenvalue weighted by Crippen LogP contribution is -2.36. The van der Waals surface area contributed by atoms with Crippen LogP contribution in [0.1, 0.15) is 12.8 Å². The van der Waals surface area contributed by atoms with Gasteiger partial charge in [0.1, 0.15) is 28.9 Å². The number of carbonyl (C=O) groups excluding carboxylic acids is 1. The maximum absolute atomic E-state index is 12.8. The first-order valence-electron chi connectivity index (χ1n) is 10.4. The molecular weight excluding hydrogens is 396 g/mol. The number of rotatable bonds is 6. The van der Waals surface area contributed by atoms with Crippen LogP contribution in [-0.2, 0) is 4.79 Å². The van der Waals surface area contributed by atoms with Crippen LogP contribution in [0.2, 0.25) is 0 Å². The fourth-order valence-corrected chi connectivity index (χ4v) is 3.72. The minimum atomic E-state index is -0.660. The van der Waals surface area contributed by atoms with Crippen LogP contribution in [0.4, 0.5) is 0 Å². The van der Waals surface area contributed by atoms with Crippen LogP contribution in [0.15, 0.2) is 60.8 Å². The first-order chi connectivity index (χ1) is 15.1. The average molecular weight is 422 g/mol. The SMILES string of the molecule is COc1cccc(O[C@H]2CCN(C(=O)COc3cccc4cccnc34)CC[C@@H]2O)c1. The van der Waals surface area contributed by atoms with Crippen molar-refractivity contribution in [1.29, 1.82) is 0 Å². The third-order valence-electron chi connectivity index (χ3n) is 5.44. The summed E-state index contributed by atoms with van der Waals surface area (Å²) in [6.45, 7) is 0.865. The van der Waals surface area contributed by atoms with Gasteiger partial charge in [-0.1, -0.05) is 24.3 Å². The van der Waals surface area contributed by atoms with Crippen molar-refractivity contribution in [3.63, 3.8) is 0 Å². The van der Waals surface area contributed by atoms with E-state index < -0.39 is 12.2 Å². The number of aliphatic hydroxyl groups is 1. The second kappa shape index (κ2) is 9.66. The Labute approximate surface area is 181 Å². The zero-order chi connectivity index (χ0) is 21.6. The maximum atomic E-state index is 12.8. The predicted octanol–water partition coefficient (Wildman–Crippen LogP) is 3.05. The number of hydrogen-bond donors (Lipinski definition) is 1. The summed E-state index contributed by atoms with van der Waals surface area (Å²) < 4.78 is 17.0. The number of para-hydroxylation sites is 1. The van der Waals surface area contributed by atoms with Gasteiger partial charge in [-0.05, 0) is 30.7 Å². The van der Waals surface area contributed by atoms with Crippen molar-refractivity contribution < 1.29 is 24.1 Å². The standard InChI is InChI=1S/C24H26N2O5/c1-29-18-7-3-8-19(15-18)31-21-11-14-26(13-10-20(21)27)23(28)16-30-22-9-2-5-17-6-4-12-25-24(17)22/h2-9,12,15,20-21,27H,10-11,13-14,16H2,1H3/t20-,21-/m0/s1. The lowest BCUT2D eigenvalue weighted by molar-refractivity contribution is -0.133. The molecule has 2 atom stereocenters. The van der Waals surface area contributed by atoms with Gasteiger partial charge < -0.3 is 24.2 Å². The van der Waals surface area contributed by atoms with E-state index in [1.54, 1.807) is 24.3 Å². The van der Waals surface area contributed by atoms with Gasteiger partial charge in [-0.25, -0.2) is 0 Å². The lowest BCUT2D eigenvalue weighted by Gasteiger charge is -2.22. The number of pyridine rings is 1. The van der Waals surface area contributed by atoms with Gasteiger partial charge in [0.05, 0.1) is 13.2 Å². The molecule has 162 valence electrons. The first kappa shape index (κ1) is 20.9. The van der Waals surface area contributed by atoms with E-state index in [0.29, 0.717) is 43.2 Å². The van der Waals surface area contributed by atoms with Crippen molar-refractivity contribution in [3.05, 3.63) is 60.8 Å². The monoisotopic (exact) mass is 422 g/mol. The molecular formula is C24H26N2O5. The maximum Gasteiger partial charge on any atom is 0.260 e. The number of carbonyl (C=O) groups is 1. The van der Waals surface area contributed by atoms with Gasteiger partial charge in [0.2, 0.25) is 0 Å². The Kier molecular flexibility index (Phi) is 6.52. The van der Waals surface area contributed by atoms with Crippen molar-refractivity contribution in [2.24, 2.45) is 0 Å². The summed E-state index contributed by atoms with van der Waals surface area (Å²) in [6, 6.07) is 16.8. The molecule has 1 fully saturated rings. The zero-order valence-corrected chi connectivity index (χ0v) is 17.4. The topological polar surface area (TPSA) is 81.1 Å². The fraction of sp³-hybridized carbons (Fsp3) is 0.333. The van der Waals surface area contributed by atoms with Gasteiger partial charge in [-0.2, -0.15) is 0 Å². The highest BCUT2D eigenvalue weighted by Crippen LogP contribution is 2.25. The second-order valence-electron chi connectivity index (χ2n) is 7.48. The number of ether oxygens (including phenoxy) is 3. The fourth-order valence-electron chi connectivity index (χ4n) is 3.72. The van der Waals surface area contributed by atoms with Crippen molar-refractivity contribution in [3.8, 4) is 17.2 Å². The largest absolute Gasteiger partial charge is 0.497 e. The Bertz CT molecular complexity index is 1040. The first-order valence-corrected chi connectivity index (χ1v) is 10.4. The third kappa shape index (κ3) is 5.06. The normalized spacial score (nSPS) is 19.0. The molecule has 2 aromatic carbocycles. The molecule has 1 aliphatic heterocycles. The number of hydrogen-bond acceptors (Lipinski definition) is 6. The average Bonchev–Trinajstić information content (AvgIpc) is 2.99. The highest BCUT2D eigenvalue weighted by atomic mass is 16.5. The van der Waals surface area contributed by atoms with E-state index in [-0.39, 0.29) is 12.5 Å². The van der Waals surface area contributed by atoms with E-state index >= 15 is 0 Å². The van der Waals surface area contributed by atoms with Crippen molar-refractivity contribution in [2.75, 3.05) is 26.8 Å². The van der Waals surface area contributed by atoms with E-state index in [1.165, 1.54) is 0 Å². The molecule has 0 unspecified atom stereocenters. The predicted molar refractivity (Wildman–Crippen MR) is 116 cm³/mol. The zero-order valence-electron chi connectivity index (χ0n) is 17.4. The Balaban J connectivity index is 1.35. The number of methoxy groups -OCH3 is 1. The summed E-state index contributed by atoms with van der Waals surface area (Å²) in [5, 5.41) is 11.5. The van der Waals surface area contributed by atoms with Crippen LogP contribution < -0.4 is 14.2 Å². The quantitative estimate of drug-likeness (QED) is 0.658. The van der Waals surface area contributed by atoms with Crippen LogP contribution in [-0.4, -0.2) is 59.9 Å². The van der Waals surface area contributed by atoms with Gasteiger partial charge in [-0.15, -0.1) is 0 Å². The summed E-state index contributed by atoms with van der Waals surface area (Å²) in [5.41, 5.74) is 0.732. The molecule has 3 aromatic rings. The molecule has 7 nitrogen and oxygen atoms in total. The molecule has 0 spiro atoms. The number of benzene rings is 2. The number of aromatic nitrogens is 1. The van der Waals surface area contributed by atoms with Crippen molar-refractivity contribution in [2.45, 2.75) is 25.0 Å². The number of aliphatic hydroxyl groups excluding tert-OH is 1. The minimum absolute atomic E-state index is 0.0762. The van der Waals surface area contributed by atoms with E-state index in [2.05, 4.69) is 4.98 Å². The summed E-state index contributed by atoms with van der Waals surface area (Å²) in [7, 11) is 1.60. The molecule has 1 aromatic heterocycles. The Hall–Kier alpha value is -3.32. The number of nitrogens with zero attached hydrogens (tertiary/aromatic N) is 2. The molecule has 0 bridgehead atoms. The molecule has 1 N–H and O–H groups in total. The van der Waals surface area contributed by atoms with Crippen LogP contribution >= 0.6 is 0 Å². The second-order valence-corrected chi connectivity index (χ2v) is 7.48. The van der Waals surface area contributed by atoms with Gasteiger partial charge in [0, 0.05) is 37.2 Å². The third-order valence-corrected chi connectivity index (χ3v) is 5.44. The van der Waals surface area contributed by atoms with Gasteiger partial charge in [0.15, 0.2) is 6.61 Å². The summed E-state index contributed by atoms with van der Waals surface area (Å²) in [4.78, 5) is 18.8. The highest BCUT2D eigenvalue weighted by Gasteiger charge is 2.28. The van der Waals surface area contributed by atoms with E-state index in [9.17, 15) is 9.90 Å². The molecule has 31 heavy (non-hydrogen) atoms. The molecule has 4 rings (SSSR count). The van der Waals surface area contributed by atoms with E-state index in [1.807, 2.05) is 48.5 Å². The Morgan fingerprint density at radius 1 is 1.10 bits per heavy atom. The summed E-state index contributed by atoms with van der Waals surface area (Å²) >= 11 is 0. The van der Waals surface area contributed by atoms with E-state index in [4.69, 9.17) is 14.2 Å². The summed E-state index contributed by atoms with van der Waals surface area (Å²) in [5.74, 6) is 1.79. The van der Waals surface area contributed by atoms with Crippen molar-refractivity contribution >= 4 is 16.8 Å². The Morgan fingerprint density at radius 3 is 2.74 bits per heavy atom.